The van der Waals surface area contributed by atoms with E-state index < -0.39 is 0 Å². The minimum absolute atomic E-state index is 0.0261. The lowest BCUT2D eigenvalue weighted by Crippen LogP contribution is -2.48. The second kappa shape index (κ2) is 9.09. The first-order valence-electron chi connectivity index (χ1n) is 14.2. The van der Waals surface area contributed by atoms with Crippen LogP contribution in [0.4, 0.5) is 4.79 Å². The van der Waals surface area contributed by atoms with Crippen molar-refractivity contribution in [1.82, 2.24) is 4.90 Å². The van der Waals surface area contributed by atoms with Crippen LogP contribution in [0.2, 0.25) is 0 Å². The molecule has 8 rings (SSSR count). The monoisotopic (exact) mass is 527 g/mol. The second-order valence-corrected chi connectivity index (χ2v) is 11.4. The predicted molar refractivity (Wildman–Crippen MR) is 154 cm³/mol. The third-order valence-electron chi connectivity index (χ3n) is 9.32. The molecular formula is C35H29NO4. The molecule has 40 heavy (non-hydrogen) atoms. The molecule has 5 heteroatoms. The van der Waals surface area contributed by atoms with Crippen molar-refractivity contribution in [2.45, 2.75) is 43.7 Å². The lowest BCUT2D eigenvalue weighted by molar-refractivity contribution is 0.0506. The molecule has 0 saturated carbocycles. The van der Waals surface area contributed by atoms with Gasteiger partial charge in [-0.25, -0.2) is 4.79 Å². The predicted octanol–water partition coefficient (Wildman–Crippen LogP) is 7.96. The van der Waals surface area contributed by atoms with Crippen LogP contribution in [0.5, 0.6) is 0 Å². The summed E-state index contributed by atoms with van der Waals surface area (Å²) < 4.78 is 12.2. The highest BCUT2D eigenvalue weighted by atomic mass is 16.6. The Kier molecular flexibility index (Phi) is 5.34. The smallest absolute Gasteiger partial charge is 0.410 e. The number of amides is 1. The largest absolute Gasteiger partial charge is 0.455 e. The van der Waals surface area contributed by atoms with Crippen LogP contribution in [-0.4, -0.2) is 35.5 Å². The average molecular weight is 528 g/mol. The summed E-state index contributed by atoms with van der Waals surface area (Å²) >= 11 is 0. The lowest BCUT2D eigenvalue weighted by atomic mass is 9.84. The molecule has 1 amide bonds. The molecule has 3 aliphatic rings. The summed E-state index contributed by atoms with van der Waals surface area (Å²) in [5, 5.41) is 2.00. The van der Waals surface area contributed by atoms with E-state index >= 15 is 0 Å². The van der Waals surface area contributed by atoms with Gasteiger partial charge in [0, 0.05) is 34.7 Å². The van der Waals surface area contributed by atoms with E-state index in [0.29, 0.717) is 30.6 Å². The molecule has 1 aliphatic carbocycles. The first-order chi connectivity index (χ1) is 19.7. The maximum Gasteiger partial charge on any atom is 0.410 e. The number of fused-ring (bicyclic) bond motifs is 8. The van der Waals surface area contributed by atoms with E-state index in [1.54, 1.807) is 0 Å². The Balaban J connectivity index is 0.998. The Morgan fingerprint density at radius 3 is 2.10 bits per heavy atom. The maximum atomic E-state index is 13.8. The summed E-state index contributed by atoms with van der Waals surface area (Å²) in [6, 6.07) is 30.6. The fraction of sp³-hybridized carbons (Fsp3) is 0.257. The highest BCUT2D eigenvalue weighted by molar-refractivity contribution is 6.14. The molecule has 198 valence electrons. The van der Waals surface area contributed by atoms with Gasteiger partial charge < -0.3 is 14.1 Å². The van der Waals surface area contributed by atoms with Crippen LogP contribution in [0.3, 0.4) is 0 Å². The molecule has 2 aliphatic heterocycles. The molecule has 3 heterocycles. The molecule has 2 unspecified atom stereocenters. The van der Waals surface area contributed by atoms with Crippen LogP contribution in [0.15, 0.2) is 95.4 Å². The average Bonchev–Trinajstić information content (AvgIpc) is 3.62. The van der Waals surface area contributed by atoms with Gasteiger partial charge in [-0.2, -0.15) is 0 Å². The number of rotatable bonds is 4. The molecule has 2 atom stereocenters. The van der Waals surface area contributed by atoms with Gasteiger partial charge in [-0.1, -0.05) is 78.9 Å². The number of Topliss-reactive ketones (excluding diaryl/α,β-unsaturated/α-hetero) is 1. The minimum Gasteiger partial charge on any atom is -0.455 e. The van der Waals surface area contributed by atoms with E-state index in [4.69, 9.17) is 9.15 Å². The van der Waals surface area contributed by atoms with E-state index in [9.17, 15) is 9.59 Å². The minimum atomic E-state index is -0.250. The number of nitrogens with zero attached hydrogens (tertiary/aromatic N) is 1. The number of hydrogen-bond donors (Lipinski definition) is 0. The summed E-state index contributed by atoms with van der Waals surface area (Å²) in [6.45, 7) is 0.319. The number of ketones is 1. The Morgan fingerprint density at radius 1 is 0.750 bits per heavy atom. The van der Waals surface area contributed by atoms with Gasteiger partial charge in [0.05, 0.1) is 5.56 Å². The first kappa shape index (κ1) is 23.5. The van der Waals surface area contributed by atoms with Crippen molar-refractivity contribution < 1.29 is 18.7 Å². The van der Waals surface area contributed by atoms with Gasteiger partial charge in [0.2, 0.25) is 0 Å². The standard InChI is InChI=1S/C35H29NO4/c37-33(30-14-7-13-29-28-12-5-6-15-32(28)40-34(29)30)21-18-22-16-17-23(19-21)36(22)35(38)39-20-31-26-10-3-1-8-24(26)25-9-2-4-11-27(25)31/h1-15,21-23,31H,16-20H2. The summed E-state index contributed by atoms with van der Waals surface area (Å²) in [7, 11) is 0. The van der Waals surface area contributed by atoms with Crippen molar-refractivity contribution >= 4 is 33.8 Å². The van der Waals surface area contributed by atoms with Crippen molar-refractivity contribution in [3.05, 3.63) is 108 Å². The van der Waals surface area contributed by atoms with Gasteiger partial charge in [0.25, 0.3) is 0 Å². The number of benzene rings is 4. The van der Waals surface area contributed by atoms with E-state index in [1.807, 2.05) is 59.5 Å². The summed E-state index contributed by atoms with van der Waals surface area (Å²) in [5.41, 5.74) is 6.97. The van der Waals surface area contributed by atoms with E-state index in [-0.39, 0.29) is 35.8 Å². The number of hydrogen-bond acceptors (Lipinski definition) is 4. The molecule has 1 aromatic heterocycles. The van der Waals surface area contributed by atoms with E-state index in [0.717, 1.165) is 29.2 Å². The van der Waals surface area contributed by atoms with Crippen LogP contribution >= 0.6 is 0 Å². The van der Waals surface area contributed by atoms with Crippen LogP contribution in [0, 0.1) is 5.92 Å². The van der Waals surface area contributed by atoms with Gasteiger partial charge in [-0.15, -0.1) is 0 Å². The number of ether oxygens (including phenoxy) is 1. The number of carbonyl (C=O) groups is 2. The van der Waals surface area contributed by atoms with Gasteiger partial charge in [-0.05, 0) is 60.1 Å². The van der Waals surface area contributed by atoms with Gasteiger partial charge in [-0.3, -0.25) is 4.79 Å². The summed E-state index contributed by atoms with van der Waals surface area (Å²) in [5.74, 6) is 0.0279. The zero-order valence-corrected chi connectivity index (χ0v) is 22.1. The van der Waals surface area contributed by atoms with E-state index in [2.05, 4.69) is 36.4 Å². The third-order valence-corrected chi connectivity index (χ3v) is 9.32. The number of furan rings is 1. The van der Waals surface area contributed by atoms with Gasteiger partial charge in [0.15, 0.2) is 5.78 Å². The van der Waals surface area contributed by atoms with Crippen molar-refractivity contribution in [3.63, 3.8) is 0 Å². The molecule has 2 bridgehead atoms. The van der Waals surface area contributed by atoms with Crippen molar-refractivity contribution in [1.29, 1.82) is 0 Å². The van der Waals surface area contributed by atoms with Crippen molar-refractivity contribution in [3.8, 4) is 11.1 Å². The quantitative estimate of drug-likeness (QED) is 0.223. The van der Waals surface area contributed by atoms with E-state index in [1.165, 1.54) is 22.3 Å². The molecule has 0 spiro atoms. The number of carbonyl (C=O) groups excluding carboxylic acids is 2. The lowest BCUT2D eigenvalue weighted by Gasteiger charge is -2.37. The molecule has 0 N–H and O–H groups in total. The highest BCUT2D eigenvalue weighted by Crippen LogP contribution is 2.45. The third kappa shape index (κ3) is 3.53. The Labute approximate surface area is 232 Å². The number of para-hydroxylation sites is 2. The molecule has 2 fully saturated rings. The van der Waals surface area contributed by atoms with Crippen LogP contribution in [0.1, 0.15) is 53.1 Å². The molecule has 2 saturated heterocycles. The zero-order valence-electron chi connectivity index (χ0n) is 22.1. The Hall–Kier alpha value is -4.38. The zero-order chi connectivity index (χ0) is 26.8. The van der Waals surface area contributed by atoms with Crippen LogP contribution in [-0.2, 0) is 4.74 Å². The Morgan fingerprint density at radius 2 is 1.38 bits per heavy atom. The second-order valence-electron chi connectivity index (χ2n) is 11.4. The fourth-order valence-electron chi connectivity index (χ4n) is 7.52. The molecular weight excluding hydrogens is 498 g/mol. The SMILES string of the molecule is O=C(c1cccc2c1oc1ccccc12)C1CC2CCC(C1)N2C(=O)OCC1c2ccccc2-c2ccccc21. The molecule has 5 nitrogen and oxygen atoms in total. The van der Waals surface area contributed by atoms with Gasteiger partial charge in [0.1, 0.15) is 17.8 Å². The summed E-state index contributed by atoms with van der Waals surface area (Å²) in [4.78, 5) is 29.2. The first-order valence-corrected chi connectivity index (χ1v) is 14.2. The topological polar surface area (TPSA) is 59.8 Å². The fourth-order valence-corrected chi connectivity index (χ4v) is 7.52. The Bertz CT molecular complexity index is 1740. The highest BCUT2D eigenvalue weighted by Gasteiger charge is 2.46. The van der Waals surface area contributed by atoms with Crippen molar-refractivity contribution in [2.75, 3.05) is 6.61 Å². The normalized spacial score (nSPS) is 21.5. The molecule has 0 radical (unpaired) electrons. The van der Waals surface area contributed by atoms with Crippen LogP contribution < -0.4 is 0 Å². The number of piperidine rings is 1. The summed E-state index contributed by atoms with van der Waals surface area (Å²) in [6.07, 6.45) is 2.90. The van der Waals surface area contributed by atoms with Crippen LogP contribution in [0.25, 0.3) is 33.1 Å². The maximum absolute atomic E-state index is 13.8. The molecule has 4 aromatic carbocycles. The van der Waals surface area contributed by atoms with Crippen molar-refractivity contribution in [2.24, 2.45) is 5.92 Å². The molecule has 5 aromatic rings. The van der Waals surface area contributed by atoms with Gasteiger partial charge >= 0.3 is 6.09 Å².